The van der Waals surface area contributed by atoms with Gasteiger partial charge in [-0.3, -0.25) is 4.79 Å². The van der Waals surface area contributed by atoms with Crippen molar-refractivity contribution in [3.05, 3.63) is 40.4 Å². The number of rotatable bonds is 2. The summed E-state index contributed by atoms with van der Waals surface area (Å²) in [6.45, 7) is 2.43. The van der Waals surface area contributed by atoms with Crippen molar-refractivity contribution < 1.29 is 13.7 Å². The van der Waals surface area contributed by atoms with Crippen LogP contribution in [-0.2, 0) is 0 Å². The summed E-state index contributed by atoms with van der Waals surface area (Å²) in [6, 6.07) is 4.71. The van der Waals surface area contributed by atoms with Crippen LogP contribution in [0.2, 0.25) is 5.02 Å². The van der Waals surface area contributed by atoms with Gasteiger partial charge in [-0.1, -0.05) is 35.7 Å². The predicted molar refractivity (Wildman–Crippen MR) is 97.7 cm³/mol. The Bertz CT molecular complexity index is 813. The molecule has 1 saturated carbocycles. The van der Waals surface area contributed by atoms with Crippen LogP contribution in [0.15, 0.2) is 22.7 Å². The average molecular weight is 377 g/mol. The van der Waals surface area contributed by atoms with Crippen molar-refractivity contribution in [1.82, 2.24) is 10.1 Å². The molecule has 0 N–H and O–H groups in total. The Morgan fingerprint density at radius 1 is 1.27 bits per heavy atom. The van der Waals surface area contributed by atoms with Gasteiger partial charge in [0.1, 0.15) is 22.8 Å². The topological polar surface area (TPSA) is 46.3 Å². The number of halogens is 2. The highest BCUT2D eigenvalue weighted by atomic mass is 35.5. The molecule has 1 aliphatic carbocycles. The van der Waals surface area contributed by atoms with Crippen LogP contribution in [-0.4, -0.2) is 28.6 Å². The number of aromatic nitrogens is 1. The van der Waals surface area contributed by atoms with Crippen LogP contribution >= 0.6 is 11.6 Å². The summed E-state index contributed by atoms with van der Waals surface area (Å²) < 4.78 is 19.7. The number of carbonyl (C=O) groups is 1. The maximum atomic E-state index is 14.4. The molecule has 0 unspecified atom stereocenters. The molecule has 4 nitrogen and oxygen atoms in total. The summed E-state index contributed by atoms with van der Waals surface area (Å²) in [5.74, 6) is 0.355. The predicted octanol–water partition coefficient (Wildman–Crippen LogP) is 5.24. The lowest BCUT2D eigenvalue weighted by atomic mass is 9.78. The summed E-state index contributed by atoms with van der Waals surface area (Å²) >= 11 is 6.20. The number of benzene rings is 1. The molecule has 1 aromatic carbocycles. The Kier molecular flexibility index (Phi) is 4.74. The molecule has 2 fully saturated rings. The van der Waals surface area contributed by atoms with Crippen molar-refractivity contribution in [3.63, 3.8) is 0 Å². The fourth-order valence-corrected chi connectivity index (χ4v) is 4.79. The molecule has 4 rings (SSSR count). The van der Waals surface area contributed by atoms with E-state index in [-0.39, 0.29) is 28.2 Å². The first-order valence-electron chi connectivity index (χ1n) is 9.29. The molecule has 2 aromatic rings. The third-order valence-electron chi connectivity index (χ3n) is 5.78. The second kappa shape index (κ2) is 7.03. The third kappa shape index (κ3) is 2.92. The van der Waals surface area contributed by atoms with Crippen LogP contribution < -0.4 is 0 Å². The molecule has 1 aliphatic heterocycles. The smallest absolute Gasteiger partial charge is 0.260 e. The van der Waals surface area contributed by atoms with Crippen molar-refractivity contribution in [3.8, 4) is 11.3 Å². The van der Waals surface area contributed by atoms with Gasteiger partial charge < -0.3 is 9.42 Å². The Balaban J connectivity index is 1.74. The minimum absolute atomic E-state index is 0.116. The Morgan fingerprint density at radius 2 is 2.04 bits per heavy atom. The third-order valence-corrected chi connectivity index (χ3v) is 6.10. The highest BCUT2D eigenvalue weighted by molar-refractivity contribution is 6.33. The molecule has 1 amide bonds. The molecule has 0 radical (unpaired) electrons. The number of fused-ring (bicyclic) bond motifs is 1. The normalized spacial score (nSPS) is 23.0. The van der Waals surface area contributed by atoms with E-state index in [1.54, 1.807) is 13.0 Å². The lowest BCUT2D eigenvalue weighted by Gasteiger charge is -2.44. The number of likely N-dealkylation sites (tertiary alicyclic amines) is 1. The first kappa shape index (κ1) is 17.5. The molecule has 26 heavy (non-hydrogen) atoms. The van der Waals surface area contributed by atoms with E-state index in [0.29, 0.717) is 17.2 Å². The van der Waals surface area contributed by atoms with Crippen molar-refractivity contribution in [1.29, 1.82) is 0 Å². The second-order valence-corrected chi connectivity index (χ2v) is 7.72. The lowest BCUT2D eigenvalue weighted by Crippen LogP contribution is -2.49. The molecule has 1 aromatic heterocycles. The Morgan fingerprint density at radius 3 is 2.85 bits per heavy atom. The minimum atomic E-state index is -0.506. The Hall–Kier alpha value is -1.88. The highest BCUT2D eigenvalue weighted by Crippen LogP contribution is 2.38. The summed E-state index contributed by atoms with van der Waals surface area (Å²) in [6.07, 6.45) is 6.81. The number of aryl methyl sites for hydroxylation is 1. The van der Waals surface area contributed by atoms with Crippen molar-refractivity contribution in [2.75, 3.05) is 6.54 Å². The number of hydrogen-bond acceptors (Lipinski definition) is 3. The molecular weight excluding hydrogens is 355 g/mol. The molecule has 2 aliphatic rings. The van der Waals surface area contributed by atoms with Crippen LogP contribution in [0.4, 0.5) is 4.39 Å². The van der Waals surface area contributed by atoms with Gasteiger partial charge in [0.2, 0.25) is 0 Å². The van der Waals surface area contributed by atoms with Gasteiger partial charge in [0.05, 0.1) is 10.6 Å². The maximum absolute atomic E-state index is 14.4. The van der Waals surface area contributed by atoms with Gasteiger partial charge in [-0.05, 0) is 50.7 Å². The van der Waals surface area contributed by atoms with Gasteiger partial charge in [-0.15, -0.1) is 0 Å². The van der Waals surface area contributed by atoms with Crippen LogP contribution in [0.5, 0.6) is 0 Å². The number of hydrogen-bond donors (Lipinski definition) is 0. The van der Waals surface area contributed by atoms with Crippen molar-refractivity contribution >= 4 is 17.5 Å². The van der Waals surface area contributed by atoms with E-state index in [1.807, 2.05) is 4.90 Å². The molecule has 0 bridgehead atoms. The summed E-state index contributed by atoms with van der Waals surface area (Å²) in [7, 11) is 0. The quantitative estimate of drug-likeness (QED) is 0.720. The largest absolute Gasteiger partial charge is 0.360 e. The van der Waals surface area contributed by atoms with E-state index in [1.165, 1.54) is 31.4 Å². The zero-order valence-electron chi connectivity index (χ0n) is 14.8. The summed E-state index contributed by atoms with van der Waals surface area (Å²) in [5.41, 5.74) is 0.670. The second-order valence-electron chi connectivity index (χ2n) is 7.31. The number of nitrogens with zero attached hydrogens (tertiary/aromatic N) is 2. The minimum Gasteiger partial charge on any atom is -0.360 e. The van der Waals surface area contributed by atoms with E-state index in [4.69, 9.17) is 16.1 Å². The maximum Gasteiger partial charge on any atom is 0.260 e. The molecule has 0 spiro atoms. The van der Waals surface area contributed by atoms with Gasteiger partial charge in [-0.25, -0.2) is 4.39 Å². The van der Waals surface area contributed by atoms with Crippen LogP contribution in [0.1, 0.15) is 54.6 Å². The van der Waals surface area contributed by atoms with E-state index in [0.717, 1.165) is 25.8 Å². The molecule has 2 heterocycles. The van der Waals surface area contributed by atoms with Gasteiger partial charge in [-0.2, -0.15) is 0 Å². The van der Waals surface area contributed by atoms with Gasteiger partial charge in [0.15, 0.2) is 0 Å². The van der Waals surface area contributed by atoms with Gasteiger partial charge in [0.25, 0.3) is 5.91 Å². The molecule has 138 valence electrons. The van der Waals surface area contributed by atoms with Crippen molar-refractivity contribution in [2.24, 2.45) is 5.92 Å². The van der Waals surface area contributed by atoms with Crippen molar-refractivity contribution in [2.45, 2.75) is 51.5 Å². The number of amides is 1. The van der Waals surface area contributed by atoms with E-state index in [9.17, 15) is 9.18 Å². The first-order chi connectivity index (χ1) is 12.6. The van der Waals surface area contributed by atoms with E-state index >= 15 is 0 Å². The zero-order valence-corrected chi connectivity index (χ0v) is 15.6. The molecule has 2 atom stereocenters. The first-order valence-corrected chi connectivity index (χ1v) is 9.67. The van der Waals surface area contributed by atoms with E-state index in [2.05, 4.69) is 5.16 Å². The standard InChI is InChI=1S/C20H22ClFN2O2/c1-12-17(19(23-26-12)18-14(21)8-4-9-15(18)22)20(25)24-11-5-7-13-6-2-3-10-16(13)24/h4,8-9,13,16H,2-3,5-7,10-11H2,1H3/t13-,16+/m0/s1. The fraction of sp³-hybridized carbons (Fsp3) is 0.500. The monoisotopic (exact) mass is 376 g/mol. The lowest BCUT2D eigenvalue weighted by molar-refractivity contribution is 0.0390. The highest BCUT2D eigenvalue weighted by Gasteiger charge is 2.38. The number of carbonyl (C=O) groups excluding carboxylic acids is 1. The van der Waals surface area contributed by atoms with E-state index < -0.39 is 5.82 Å². The Labute approximate surface area is 157 Å². The number of piperidine rings is 1. The molecular formula is C20H22ClFN2O2. The van der Waals surface area contributed by atoms with Gasteiger partial charge in [0, 0.05) is 12.6 Å². The summed E-state index contributed by atoms with van der Waals surface area (Å²) in [5, 5.41) is 4.20. The summed E-state index contributed by atoms with van der Waals surface area (Å²) in [4.78, 5) is 15.4. The zero-order chi connectivity index (χ0) is 18.3. The average Bonchev–Trinajstić information content (AvgIpc) is 3.02. The molecule has 1 saturated heterocycles. The van der Waals surface area contributed by atoms with Crippen LogP contribution in [0.25, 0.3) is 11.3 Å². The van der Waals surface area contributed by atoms with Crippen LogP contribution in [0, 0.1) is 18.7 Å². The van der Waals surface area contributed by atoms with Crippen LogP contribution in [0.3, 0.4) is 0 Å². The fourth-order valence-electron chi connectivity index (χ4n) is 4.54. The van der Waals surface area contributed by atoms with Gasteiger partial charge >= 0.3 is 0 Å². The SMILES string of the molecule is Cc1onc(-c2c(F)cccc2Cl)c1C(=O)N1CCC[C@@H]2CCCC[C@H]21. The molecule has 6 heteroatoms.